The van der Waals surface area contributed by atoms with Gasteiger partial charge in [-0.3, -0.25) is 14.4 Å². The number of carboxylic acid groups (broad SMARTS) is 1. The third kappa shape index (κ3) is 5.43. The number of carbonyl (C=O) groups excluding carboxylic acids is 2. The van der Waals surface area contributed by atoms with E-state index in [4.69, 9.17) is 0 Å². The van der Waals surface area contributed by atoms with Crippen molar-refractivity contribution < 1.29 is 19.5 Å². The summed E-state index contributed by atoms with van der Waals surface area (Å²) in [5.41, 5.74) is -1.82. The van der Waals surface area contributed by atoms with Crippen LogP contribution >= 0.6 is 0 Å². The number of ketones is 2. The largest absolute Gasteiger partial charge is 0.480 e. The van der Waals surface area contributed by atoms with Crippen LogP contribution in [0.1, 0.15) is 78.6 Å². The fraction of sp³-hybridized carbons (Fsp3) is 0.812. The molecule has 0 rings (SSSR count). The van der Waals surface area contributed by atoms with Crippen molar-refractivity contribution in [2.45, 2.75) is 78.6 Å². The van der Waals surface area contributed by atoms with E-state index in [0.717, 1.165) is 19.3 Å². The highest BCUT2D eigenvalue weighted by molar-refractivity contribution is 6.20. The maximum atomic E-state index is 11.6. The summed E-state index contributed by atoms with van der Waals surface area (Å²) in [6, 6.07) is 0. The summed E-state index contributed by atoms with van der Waals surface area (Å²) in [6.45, 7) is 4.57. The Bertz CT molecular complexity index is 297. The molecule has 0 aromatic rings. The van der Waals surface area contributed by atoms with Crippen LogP contribution in [0.3, 0.4) is 0 Å². The lowest BCUT2D eigenvalue weighted by Crippen LogP contribution is -2.44. The highest BCUT2D eigenvalue weighted by atomic mass is 16.4. The van der Waals surface area contributed by atoms with Crippen molar-refractivity contribution in [2.24, 2.45) is 5.41 Å². The highest BCUT2D eigenvalue weighted by Crippen LogP contribution is 2.28. The quantitative estimate of drug-likeness (QED) is 0.437. The van der Waals surface area contributed by atoms with Gasteiger partial charge in [-0.25, -0.2) is 0 Å². The van der Waals surface area contributed by atoms with Gasteiger partial charge < -0.3 is 5.11 Å². The molecule has 20 heavy (non-hydrogen) atoms. The summed E-state index contributed by atoms with van der Waals surface area (Å²) in [5.74, 6) is -2.42. The average Bonchev–Trinajstić information content (AvgIpc) is 2.35. The first-order valence-corrected chi connectivity index (χ1v) is 7.65. The molecule has 4 heteroatoms. The van der Waals surface area contributed by atoms with Crippen LogP contribution in [0.2, 0.25) is 0 Å². The summed E-state index contributed by atoms with van der Waals surface area (Å²) in [4.78, 5) is 34.5. The Balaban J connectivity index is 4.14. The van der Waals surface area contributed by atoms with E-state index in [-0.39, 0.29) is 6.42 Å². The molecule has 0 heterocycles. The molecule has 0 radical (unpaired) electrons. The standard InChI is InChI=1S/C16H28O4/c1-4-5-6-7-8-9-10-11-12-16(13(2)17,14(3)18)15(19)20/h4-12H2,1-3H3,(H,19,20). The number of Topliss-reactive ketones (excluding diaryl/α,β-unsaturated/α-hetero) is 2. The van der Waals surface area contributed by atoms with Gasteiger partial charge in [0.25, 0.3) is 0 Å². The Hall–Kier alpha value is -1.19. The van der Waals surface area contributed by atoms with Crippen molar-refractivity contribution in [1.82, 2.24) is 0 Å². The van der Waals surface area contributed by atoms with E-state index in [2.05, 4.69) is 6.92 Å². The van der Waals surface area contributed by atoms with E-state index in [1.165, 1.54) is 39.5 Å². The summed E-state index contributed by atoms with van der Waals surface area (Å²) in [5, 5.41) is 9.22. The number of carboxylic acids is 1. The van der Waals surface area contributed by atoms with Crippen molar-refractivity contribution in [2.75, 3.05) is 0 Å². The molecule has 0 aliphatic heterocycles. The van der Waals surface area contributed by atoms with Crippen molar-refractivity contribution in [1.29, 1.82) is 0 Å². The van der Waals surface area contributed by atoms with Crippen LogP contribution in [0, 0.1) is 5.41 Å². The van der Waals surface area contributed by atoms with Gasteiger partial charge in [0.05, 0.1) is 0 Å². The van der Waals surface area contributed by atoms with E-state index in [9.17, 15) is 19.5 Å². The molecule has 0 saturated carbocycles. The molecular weight excluding hydrogens is 256 g/mol. The smallest absolute Gasteiger partial charge is 0.324 e. The number of hydrogen-bond donors (Lipinski definition) is 1. The molecule has 0 aliphatic rings. The monoisotopic (exact) mass is 284 g/mol. The van der Waals surface area contributed by atoms with Crippen LogP contribution in [-0.4, -0.2) is 22.6 Å². The van der Waals surface area contributed by atoms with Crippen LogP contribution in [-0.2, 0) is 14.4 Å². The van der Waals surface area contributed by atoms with Gasteiger partial charge in [0.2, 0.25) is 0 Å². The lowest BCUT2D eigenvalue weighted by molar-refractivity contribution is -0.159. The Morgan fingerprint density at radius 1 is 0.800 bits per heavy atom. The number of hydrogen-bond acceptors (Lipinski definition) is 3. The molecule has 0 bridgehead atoms. The van der Waals surface area contributed by atoms with Crippen LogP contribution in [0.15, 0.2) is 0 Å². The first-order valence-electron chi connectivity index (χ1n) is 7.65. The Morgan fingerprint density at radius 2 is 1.20 bits per heavy atom. The second-order valence-electron chi connectivity index (χ2n) is 5.55. The zero-order chi connectivity index (χ0) is 15.6. The minimum Gasteiger partial charge on any atom is -0.480 e. The van der Waals surface area contributed by atoms with Crippen LogP contribution in [0.5, 0.6) is 0 Å². The zero-order valence-electron chi connectivity index (χ0n) is 13.0. The maximum Gasteiger partial charge on any atom is 0.324 e. The van der Waals surface area contributed by atoms with E-state index in [1.807, 2.05) is 0 Å². The topological polar surface area (TPSA) is 71.4 Å². The van der Waals surface area contributed by atoms with Crippen LogP contribution in [0.25, 0.3) is 0 Å². The van der Waals surface area contributed by atoms with Gasteiger partial charge in [-0.15, -0.1) is 0 Å². The van der Waals surface area contributed by atoms with E-state index >= 15 is 0 Å². The van der Waals surface area contributed by atoms with Gasteiger partial charge >= 0.3 is 5.97 Å². The van der Waals surface area contributed by atoms with E-state index in [0.29, 0.717) is 6.42 Å². The molecule has 116 valence electrons. The molecule has 0 saturated heterocycles. The zero-order valence-corrected chi connectivity index (χ0v) is 13.0. The average molecular weight is 284 g/mol. The molecular formula is C16H28O4. The minimum atomic E-state index is -1.82. The van der Waals surface area contributed by atoms with Gasteiger partial charge in [0, 0.05) is 0 Å². The first-order chi connectivity index (χ1) is 9.39. The molecule has 0 aromatic carbocycles. The predicted molar refractivity (Wildman–Crippen MR) is 78.7 cm³/mol. The van der Waals surface area contributed by atoms with Gasteiger partial charge in [-0.05, 0) is 20.3 Å². The molecule has 4 nitrogen and oxygen atoms in total. The third-order valence-electron chi connectivity index (χ3n) is 3.97. The van der Waals surface area contributed by atoms with Gasteiger partial charge in [-0.2, -0.15) is 0 Å². The minimum absolute atomic E-state index is 0.127. The van der Waals surface area contributed by atoms with Crippen molar-refractivity contribution >= 4 is 17.5 Å². The number of rotatable bonds is 12. The molecule has 1 N–H and O–H groups in total. The number of unbranched alkanes of at least 4 members (excludes halogenated alkanes) is 7. The Kier molecular flexibility index (Phi) is 9.10. The van der Waals surface area contributed by atoms with Gasteiger partial charge in [0.15, 0.2) is 17.0 Å². The fourth-order valence-electron chi connectivity index (χ4n) is 2.53. The maximum absolute atomic E-state index is 11.6. The van der Waals surface area contributed by atoms with Crippen molar-refractivity contribution in [3.63, 3.8) is 0 Å². The number of aliphatic carboxylic acids is 1. The Morgan fingerprint density at radius 3 is 1.55 bits per heavy atom. The molecule has 0 aromatic heterocycles. The summed E-state index contributed by atoms with van der Waals surface area (Å²) in [7, 11) is 0. The summed E-state index contributed by atoms with van der Waals surface area (Å²) < 4.78 is 0. The molecule has 0 atom stereocenters. The van der Waals surface area contributed by atoms with Gasteiger partial charge in [0.1, 0.15) is 0 Å². The molecule has 0 spiro atoms. The molecule has 0 amide bonds. The van der Waals surface area contributed by atoms with Gasteiger partial charge in [-0.1, -0.05) is 58.3 Å². The van der Waals surface area contributed by atoms with Crippen molar-refractivity contribution in [3.8, 4) is 0 Å². The summed E-state index contributed by atoms with van der Waals surface area (Å²) in [6.07, 6.45) is 8.72. The lowest BCUT2D eigenvalue weighted by Gasteiger charge is -2.23. The summed E-state index contributed by atoms with van der Waals surface area (Å²) >= 11 is 0. The van der Waals surface area contributed by atoms with Crippen molar-refractivity contribution in [3.05, 3.63) is 0 Å². The first kappa shape index (κ1) is 18.8. The Labute approximate surface area is 121 Å². The second kappa shape index (κ2) is 9.67. The molecule has 0 fully saturated rings. The normalized spacial score (nSPS) is 11.3. The molecule has 0 aliphatic carbocycles. The van der Waals surface area contributed by atoms with Crippen LogP contribution < -0.4 is 0 Å². The van der Waals surface area contributed by atoms with Crippen LogP contribution in [0.4, 0.5) is 0 Å². The SMILES string of the molecule is CCCCCCCCCCC(C(C)=O)(C(C)=O)C(=O)O. The lowest BCUT2D eigenvalue weighted by atomic mass is 9.76. The van der Waals surface area contributed by atoms with E-state index in [1.54, 1.807) is 0 Å². The molecule has 0 unspecified atom stereocenters. The highest BCUT2D eigenvalue weighted by Gasteiger charge is 2.47. The second-order valence-corrected chi connectivity index (χ2v) is 5.55. The number of carbonyl (C=O) groups is 3. The third-order valence-corrected chi connectivity index (χ3v) is 3.97. The predicted octanol–water partition coefficient (Wildman–Crippen LogP) is 3.77. The fourth-order valence-corrected chi connectivity index (χ4v) is 2.53. The van der Waals surface area contributed by atoms with E-state index < -0.39 is 23.0 Å².